The molecule has 3 heterocycles. The number of nitriles is 1. The molecular weight excluding hydrogens is 785 g/mol. The molecule has 0 N–H and O–H groups in total. The van der Waals surface area contributed by atoms with Crippen LogP contribution in [0.25, 0.3) is 133 Å². The first-order valence-electron chi connectivity index (χ1n) is 21.2. The molecule has 64 heavy (non-hydrogen) atoms. The average molecular weight is 817 g/mol. The van der Waals surface area contributed by atoms with Crippen molar-refractivity contribution in [2.45, 2.75) is 0 Å². The molecule has 296 valence electrons. The summed E-state index contributed by atoms with van der Waals surface area (Å²) < 4.78 is 13.1. The van der Waals surface area contributed by atoms with E-state index in [9.17, 15) is 5.26 Å². The number of fused-ring (bicyclic) bond motifs is 12. The standard InChI is InChI=1S/C58H32N4O2/c59-33-40-25-26-42(43-13-5-4-12-41(40)43)35-20-18-34(19-21-35)37-22-27-44-45-28-23-38(31-50(45)55-54(49(44)30-37)48-15-7-9-17-52(48)64-55)57-60-56(36-10-2-1-3-11-36)61-58(62-57)39-24-29-47-46-14-6-8-16-51(46)63-53(47)32-39/h1-32H. The highest BCUT2D eigenvalue weighted by atomic mass is 16.3. The van der Waals surface area contributed by atoms with E-state index in [4.69, 9.17) is 23.8 Å². The van der Waals surface area contributed by atoms with Crippen molar-refractivity contribution in [2.75, 3.05) is 0 Å². The number of benzene rings is 10. The zero-order chi connectivity index (χ0) is 42.3. The van der Waals surface area contributed by atoms with E-state index in [1.807, 2.05) is 97.1 Å². The first kappa shape index (κ1) is 35.8. The second kappa shape index (κ2) is 14.1. The molecule has 0 saturated heterocycles. The van der Waals surface area contributed by atoms with Crippen LogP contribution in [0.2, 0.25) is 0 Å². The number of nitrogens with zero attached hydrogens (tertiary/aromatic N) is 4. The van der Waals surface area contributed by atoms with Crippen molar-refractivity contribution in [3.63, 3.8) is 0 Å². The predicted molar refractivity (Wildman–Crippen MR) is 259 cm³/mol. The molecule has 0 spiro atoms. The number of aromatic nitrogens is 3. The van der Waals surface area contributed by atoms with Crippen LogP contribution in [0.5, 0.6) is 0 Å². The Labute approximate surface area is 365 Å². The van der Waals surface area contributed by atoms with Gasteiger partial charge in [-0.1, -0.05) is 152 Å². The fraction of sp³-hybridized carbons (Fsp3) is 0. The molecule has 0 aliphatic rings. The predicted octanol–water partition coefficient (Wildman–Crippen LogP) is 15.3. The van der Waals surface area contributed by atoms with Gasteiger partial charge in [-0.05, 0) is 86.3 Å². The van der Waals surface area contributed by atoms with Crippen molar-refractivity contribution >= 4 is 76.2 Å². The van der Waals surface area contributed by atoms with Gasteiger partial charge in [0.05, 0.1) is 11.6 Å². The third-order valence-corrected chi connectivity index (χ3v) is 12.6. The van der Waals surface area contributed by atoms with Crippen molar-refractivity contribution in [3.05, 3.63) is 200 Å². The molecule has 0 amide bonds. The summed E-state index contributed by atoms with van der Waals surface area (Å²) in [6.07, 6.45) is 0. The van der Waals surface area contributed by atoms with Crippen LogP contribution < -0.4 is 0 Å². The molecule has 10 aromatic carbocycles. The fourth-order valence-corrected chi connectivity index (χ4v) is 9.48. The summed E-state index contributed by atoms with van der Waals surface area (Å²) in [6.45, 7) is 0. The minimum Gasteiger partial charge on any atom is -0.456 e. The maximum absolute atomic E-state index is 9.73. The van der Waals surface area contributed by atoms with E-state index in [0.29, 0.717) is 23.0 Å². The molecule has 0 radical (unpaired) electrons. The lowest BCUT2D eigenvalue weighted by Gasteiger charge is -2.12. The van der Waals surface area contributed by atoms with Crippen molar-refractivity contribution in [1.29, 1.82) is 5.26 Å². The van der Waals surface area contributed by atoms with Crippen molar-refractivity contribution < 1.29 is 8.83 Å². The molecule has 0 fully saturated rings. The Morgan fingerprint density at radius 2 is 0.859 bits per heavy atom. The van der Waals surface area contributed by atoms with Gasteiger partial charge in [-0.15, -0.1) is 0 Å². The highest BCUT2D eigenvalue weighted by molar-refractivity contribution is 6.31. The Morgan fingerprint density at radius 1 is 0.328 bits per heavy atom. The highest BCUT2D eigenvalue weighted by Gasteiger charge is 2.20. The Balaban J connectivity index is 0.960. The third-order valence-electron chi connectivity index (χ3n) is 12.6. The van der Waals surface area contributed by atoms with Gasteiger partial charge in [0.25, 0.3) is 0 Å². The molecule has 6 heteroatoms. The van der Waals surface area contributed by atoms with E-state index in [2.05, 4.69) is 103 Å². The molecular formula is C58H32N4O2. The molecule has 0 atom stereocenters. The molecule has 0 bridgehead atoms. The van der Waals surface area contributed by atoms with E-state index in [0.717, 1.165) is 115 Å². The molecule has 3 aromatic heterocycles. The second-order valence-corrected chi connectivity index (χ2v) is 16.2. The van der Waals surface area contributed by atoms with E-state index >= 15 is 0 Å². The van der Waals surface area contributed by atoms with Gasteiger partial charge in [-0.2, -0.15) is 5.26 Å². The summed E-state index contributed by atoms with van der Waals surface area (Å²) in [7, 11) is 0. The average Bonchev–Trinajstić information content (AvgIpc) is 3.95. The van der Waals surface area contributed by atoms with Gasteiger partial charge >= 0.3 is 0 Å². The lowest BCUT2D eigenvalue weighted by Crippen LogP contribution is -2.00. The molecule has 13 rings (SSSR count). The van der Waals surface area contributed by atoms with Gasteiger partial charge in [-0.3, -0.25) is 0 Å². The Morgan fingerprint density at radius 3 is 1.61 bits per heavy atom. The van der Waals surface area contributed by atoms with Crippen LogP contribution in [-0.2, 0) is 0 Å². The number of hydrogen-bond acceptors (Lipinski definition) is 6. The van der Waals surface area contributed by atoms with Gasteiger partial charge < -0.3 is 8.83 Å². The van der Waals surface area contributed by atoms with E-state index in [1.165, 1.54) is 0 Å². The van der Waals surface area contributed by atoms with Crippen molar-refractivity contribution in [2.24, 2.45) is 0 Å². The number of furan rings is 2. The summed E-state index contributed by atoms with van der Waals surface area (Å²) in [5.41, 5.74) is 11.0. The van der Waals surface area contributed by atoms with Crippen molar-refractivity contribution in [1.82, 2.24) is 15.0 Å². The van der Waals surface area contributed by atoms with E-state index < -0.39 is 0 Å². The van der Waals surface area contributed by atoms with E-state index in [-0.39, 0.29) is 0 Å². The number of rotatable bonds is 5. The largest absolute Gasteiger partial charge is 0.456 e. The SMILES string of the molecule is N#Cc1ccc(-c2ccc(-c3ccc4c5ccc(-c6nc(-c7ccccc7)nc(-c7ccc8c(c7)oc7ccccc78)n6)cc5c5oc6ccccc6c5c4c3)cc2)c2ccccc12. The minimum absolute atomic E-state index is 0.560. The van der Waals surface area contributed by atoms with Crippen LogP contribution in [0.15, 0.2) is 203 Å². The smallest absolute Gasteiger partial charge is 0.164 e. The van der Waals surface area contributed by atoms with Gasteiger partial charge in [-0.25, -0.2) is 15.0 Å². The Kier molecular flexibility index (Phi) is 7.87. The monoisotopic (exact) mass is 816 g/mol. The maximum atomic E-state index is 9.73. The summed E-state index contributed by atoms with van der Waals surface area (Å²) in [6, 6.07) is 68.8. The minimum atomic E-state index is 0.560. The zero-order valence-corrected chi connectivity index (χ0v) is 34.1. The van der Waals surface area contributed by atoms with Gasteiger partial charge in [0.15, 0.2) is 17.5 Å². The first-order valence-corrected chi connectivity index (χ1v) is 21.2. The molecule has 0 aliphatic carbocycles. The maximum Gasteiger partial charge on any atom is 0.164 e. The van der Waals surface area contributed by atoms with Crippen LogP contribution in [0.3, 0.4) is 0 Å². The summed E-state index contributed by atoms with van der Waals surface area (Å²) in [4.78, 5) is 15.3. The zero-order valence-electron chi connectivity index (χ0n) is 34.1. The quantitative estimate of drug-likeness (QED) is 0.161. The van der Waals surface area contributed by atoms with E-state index in [1.54, 1.807) is 0 Å². The van der Waals surface area contributed by atoms with Gasteiger partial charge in [0, 0.05) is 49.0 Å². The molecule has 6 nitrogen and oxygen atoms in total. The fourth-order valence-electron chi connectivity index (χ4n) is 9.48. The van der Waals surface area contributed by atoms with Gasteiger partial charge in [0.1, 0.15) is 22.3 Å². The normalized spacial score (nSPS) is 11.7. The molecule has 13 aromatic rings. The number of hydrogen-bond donors (Lipinski definition) is 0. The van der Waals surface area contributed by atoms with Crippen molar-refractivity contribution in [3.8, 4) is 62.5 Å². The third kappa shape index (κ3) is 5.62. The lowest BCUT2D eigenvalue weighted by atomic mass is 9.91. The molecule has 0 aliphatic heterocycles. The first-order chi connectivity index (χ1) is 31.6. The Hall–Kier alpha value is -8.92. The Bertz CT molecular complexity index is 4090. The summed E-state index contributed by atoms with van der Waals surface area (Å²) >= 11 is 0. The molecule has 0 unspecified atom stereocenters. The van der Waals surface area contributed by atoms with Crippen LogP contribution in [0.1, 0.15) is 5.56 Å². The number of para-hydroxylation sites is 2. The summed E-state index contributed by atoms with van der Waals surface area (Å²) in [5.74, 6) is 1.71. The van der Waals surface area contributed by atoms with Crippen LogP contribution in [0, 0.1) is 11.3 Å². The van der Waals surface area contributed by atoms with Crippen LogP contribution in [-0.4, -0.2) is 15.0 Å². The van der Waals surface area contributed by atoms with Gasteiger partial charge in [0.2, 0.25) is 0 Å². The lowest BCUT2D eigenvalue weighted by molar-refractivity contribution is 0.669. The topological polar surface area (TPSA) is 88.7 Å². The second-order valence-electron chi connectivity index (χ2n) is 16.2. The van der Waals surface area contributed by atoms with Crippen LogP contribution >= 0.6 is 0 Å². The van der Waals surface area contributed by atoms with Crippen LogP contribution in [0.4, 0.5) is 0 Å². The highest BCUT2D eigenvalue weighted by Crippen LogP contribution is 2.44. The molecule has 0 saturated carbocycles. The summed E-state index contributed by atoms with van der Waals surface area (Å²) in [5, 5.41) is 20.3.